The summed E-state index contributed by atoms with van der Waals surface area (Å²) in [7, 11) is 3.54. The van der Waals surface area contributed by atoms with Crippen LogP contribution in [0, 0.1) is 0 Å². The highest BCUT2D eigenvalue weighted by Crippen LogP contribution is 2.13. The fourth-order valence-electron chi connectivity index (χ4n) is 4.08. The molecule has 194 valence electrons. The summed E-state index contributed by atoms with van der Waals surface area (Å²) in [6.45, 7) is 3.51. The lowest BCUT2D eigenvalue weighted by molar-refractivity contribution is -0.128. The van der Waals surface area contributed by atoms with E-state index < -0.39 is 0 Å². The van der Waals surface area contributed by atoms with Crippen molar-refractivity contribution in [1.82, 2.24) is 10.2 Å². The number of nitrogens with zero attached hydrogens (tertiary/aromatic N) is 1. The van der Waals surface area contributed by atoms with Crippen LogP contribution >= 0.6 is 0 Å². The van der Waals surface area contributed by atoms with Gasteiger partial charge in [0.05, 0.1) is 6.54 Å². The van der Waals surface area contributed by atoms with Crippen molar-refractivity contribution in [2.75, 3.05) is 32.5 Å². The summed E-state index contributed by atoms with van der Waals surface area (Å²) in [4.78, 5) is 25.4. The molecule has 0 unspecified atom stereocenters. The molecule has 0 aromatic heterocycles. The molecule has 2 amide bonds. The lowest BCUT2D eigenvalue weighted by Gasteiger charge is -2.10. The molecular formula is C29H51N3O2. The van der Waals surface area contributed by atoms with Gasteiger partial charge in [-0.05, 0) is 37.1 Å². The van der Waals surface area contributed by atoms with Crippen LogP contribution in [0.2, 0.25) is 0 Å². The Hall–Kier alpha value is -1.88. The molecule has 5 heteroatoms. The van der Waals surface area contributed by atoms with E-state index in [2.05, 4.69) is 17.6 Å². The summed E-state index contributed by atoms with van der Waals surface area (Å²) < 4.78 is 0. The number of anilines is 1. The first-order valence-corrected chi connectivity index (χ1v) is 13.8. The van der Waals surface area contributed by atoms with Crippen LogP contribution in [0.25, 0.3) is 0 Å². The van der Waals surface area contributed by atoms with E-state index in [1.165, 1.54) is 83.5 Å². The van der Waals surface area contributed by atoms with Crippen LogP contribution in [-0.4, -0.2) is 43.9 Å². The fraction of sp³-hybridized carbons (Fsp3) is 0.724. The Bertz CT molecular complexity index is 643. The van der Waals surface area contributed by atoms with Gasteiger partial charge in [-0.1, -0.05) is 103 Å². The highest BCUT2D eigenvalue weighted by Gasteiger charge is 2.05. The Labute approximate surface area is 209 Å². The van der Waals surface area contributed by atoms with Gasteiger partial charge in [-0.25, -0.2) is 0 Å². The number of aryl methyl sites for hydroxylation is 1. The average molecular weight is 474 g/mol. The summed E-state index contributed by atoms with van der Waals surface area (Å²) in [5, 5.41) is 6.18. The van der Waals surface area contributed by atoms with Crippen LogP contribution in [0.5, 0.6) is 0 Å². The molecule has 0 radical (unpaired) electrons. The monoisotopic (exact) mass is 473 g/mol. The highest BCUT2D eigenvalue weighted by molar-refractivity contribution is 5.92. The van der Waals surface area contributed by atoms with Crippen molar-refractivity contribution in [3.8, 4) is 0 Å². The zero-order valence-electron chi connectivity index (χ0n) is 22.3. The Kier molecular flexibility index (Phi) is 18.2. The number of amides is 2. The van der Waals surface area contributed by atoms with Crippen LogP contribution in [-0.2, 0) is 16.0 Å². The van der Waals surface area contributed by atoms with Gasteiger partial charge in [-0.2, -0.15) is 0 Å². The van der Waals surface area contributed by atoms with Crippen LogP contribution < -0.4 is 10.6 Å². The van der Waals surface area contributed by atoms with Gasteiger partial charge in [0.25, 0.3) is 0 Å². The van der Waals surface area contributed by atoms with Gasteiger partial charge in [0.1, 0.15) is 0 Å². The van der Waals surface area contributed by atoms with Gasteiger partial charge in [0, 0.05) is 26.2 Å². The molecule has 2 N–H and O–H groups in total. The molecule has 5 nitrogen and oxygen atoms in total. The zero-order chi connectivity index (χ0) is 24.9. The Balaban J connectivity index is 1.93. The van der Waals surface area contributed by atoms with Crippen LogP contribution in [0.1, 0.15) is 109 Å². The maximum atomic E-state index is 12.1. The lowest BCUT2D eigenvalue weighted by atomic mass is 10.0. The molecule has 0 aliphatic carbocycles. The molecule has 0 saturated heterocycles. The number of carbonyl (C=O) groups is 2. The fourth-order valence-corrected chi connectivity index (χ4v) is 4.08. The summed E-state index contributed by atoms with van der Waals surface area (Å²) >= 11 is 0. The summed E-state index contributed by atoms with van der Waals surface area (Å²) in [5.41, 5.74) is 1.90. The topological polar surface area (TPSA) is 61.4 Å². The van der Waals surface area contributed by atoms with Crippen molar-refractivity contribution in [2.24, 2.45) is 0 Å². The van der Waals surface area contributed by atoms with Crippen molar-refractivity contribution in [3.05, 3.63) is 29.8 Å². The van der Waals surface area contributed by atoms with E-state index in [4.69, 9.17) is 0 Å². The molecular weight excluding hydrogens is 422 g/mol. The molecule has 0 aliphatic rings. The molecule has 0 saturated carbocycles. The number of nitrogens with one attached hydrogen (secondary N) is 2. The number of rotatable bonds is 21. The maximum Gasteiger partial charge on any atom is 0.238 e. The molecule has 0 spiro atoms. The van der Waals surface area contributed by atoms with Crippen molar-refractivity contribution < 1.29 is 9.59 Å². The number of hydrogen-bond donors (Lipinski definition) is 2. The number of unbranched alkanes of at least 4 members (excludes halogenated alkanes) is 13. The third-order valence-electron chi connectivity index (χ3n) is 6.36. The number of benzene rings is 1. The molecule has 1 aromatic carbocycles. The molecule has 0 atom stereocenters. The predicted octanol–water partition coefficient (Wildman–Crippen LogP) is 6.72. The van der Waals surface area contributed by atoms with Gasteiger partial charge < -0.3 is 15.5 Å². The first kappa shape index (κ1) is 30.2. The van der Waals surface area contributed by atoms with Gasteiger partial charge in [-0.3, -0.25) is 9.59 Å². The van der Waals surface area contributed by atoms with Crippen molar-refractivity contribution in [3.63, 3.8) is 0 Å². The van der Waals surface area contributed by atoms with Gasteiger partial charge in [-0.15, -0.1) is 0 Å². The molecule has 0 aliphatic heterocycles. The standard InChI is InChI=1S/C29H51N3O2/c1-4-5-6-7-8-9-10-11-12-13-14-15-16-17-24-30-25-28(33)31-27-21-18-26(19-22-27)20-23-29(34)32(2)3/h18-19,21-22,30H,4-17,20,23-25H2,1-3H3,(H,31,33). The molecule has 34 heavy (non-hydrogen) atoms. The second kappa shape index (κ2) is 20.5. The van der Waals surface area contributed by atoms with Crippen molar-refractivity contribution >= 4 is 17.5 Å². The van der Waals surface area contributed by atoms with Crippen LogP contribution in [0.15, 0.2) is 24.3 Å². The second-order valence-corrected chi connectivity index (χ2v) is 9.81. The SMILES string of the molecule is CCCCCCCCCCCCCCCCNCC(=O)Nc1ccc(CCC(=O)N(C)C)cc1. The van der Waals surface area contributed by atoms with Crippen LogP contribution in [0.4, 0.5) is 5.69 Å². The van der Waals surface area contributed by atoms with E-state index in [0.717, 1.165) is 24.2 Å². The van der Waals surface area contributed by atoms with E-state index in [-0.39, 0.29) is 11.8 Å². The van der Waals surface area contributed by atoms with Crippen molar-refractivity contribution in [1.29, 1.82) is 0 Å². The molecule has 1 aromatic rings. The molecule has 0 fully saturated rings. The van der Waals surface area contributed by atoms with E-state index >= 15 is 0 Å². The second-order valence-electron chi connectivity index (χ2n) is 9.81. The minimum absolute atomic E-state index is 0.0131. The lowest BCUT2D eigenvalue weighted by Crippen LogP contribution is -2.28. The quantitative estimate of drug-likeness (QED) is 0.195. The zero-order valence-corrected chi connectivity index (χ0v) is 22.3. The third-order valence-corrected chi connectivity index (χ3v) is 6.36. The highest BCUT2D eigenvalue weighted by atomic mass is 16.2. The Morgan fingerprint density at radius 3 is 1.74 bits per heavy atom. The van der Waals surface area contributed by atoms with E-state index in [1.54, 1.807) is 19.0 Å². The van der Waals surface area contributed by atoms with E-state index in [0.29, 0.717) is 19.4 Å². The Morgan fingerprint density at radius 2 is 1.24 bits per heavy atom. The first-order valence-electron chi connectivity index (χ1n) is 13.8. The normalized spacial score (nSPS) is 10.9. The van der Waals surface area contributed by atoms with Crippen LogP contribution in [0.3, 0.4) is 0 Å². The van der Waals surface area contributed by atoms with E-state index in [1.807, 2.05) is 24.3 Å². The number of hydrogen-bond acceptors (Lipinski definition) is 3. The summed E-state index contributed by atoms with van der Waals surface area (Å²) in [6.07, 6.45) is 20.3. The predicted molar refractivity (Wildman–Crippen MR) is 145 cm³/mol. The van der Waals surface area contributed by atoms with Gasteiger partial charge >= 0.3 is 0 Å². The summed E-state index contributed by atoms with van der Waals surface area (Å²) in [6, 6.07) is 7.75. The smallest absolute Gasteiger partial charge is 0.238 e. The molecule has 1 rings (SSSR count). The molecule has 0 bridgehead atoms. The maximum absolute atomic E-state index is 12.1. The van der Waals surface area contributed by atoms with Gasteiger partial charge in [0.15, 0.2) is 0 Å². The summed E-state index contributed by atoms with van der Waals surface area (Å²) in [5.74, 6) is 0.114. The van der Waals surface area contributed by atoms with Gasteiger partial charge in [0.2, 0.25) is 11.8 Å². The minimum atomic E-state index is -0.0131. The Morgan fingerprint density at radius 1 is 0.735 bits per heavy atom. The molecule has 0 heterocycles. The third kappa shape index (κ3) is 16.7. The van der Waals surface area contributed by atoms with Crippen molar-refractivity contribution in [2.45, 2.75) is 110 Å². The number of carbonyl (C=O) groups excluding carboxylic acids is 2. The average Bonchev–Trinajstić information content (AvgIpc) is 2.83. The largest absolute Gasteiger partial charge is 0.349 e. The first-order chi connectivity index (χ1) is 16.5. The van der Waals surface area contributed by atoms with E-state index in [9.17, 15) is 9.59 Å². The minimum Gasteiger partial charge on any atom is -0.349 e.